The largest absolute Gasteiger partial charge is 0.323 e. The quantitative estimate of drug-likeness (QED) is 0.584. The van der Waals surface area contributed by atoms with Crippen LogP contribution in [0.25, 0.3) is 10.8 Å². The number of nitrogens with one attached hydrogen (secondary N) is 2. The third kappa shape index (κ3) is 4.23. The number of carbonyl (C=O) groups excluding carboxylic acids is 3. The molecule has 0 saturated heterocycles. The number of imide groups is 1. The highest BCUT2D eigenvalue weighted by molar-refractivity contribution is 6.30. The highest BCUT2D eigenvalue weighted by atomic mass is 35.5. The first kappa shape index (κ1) is 20.8. The molecule has 1 aliphatic heterocycles. The molecular formula is C23H21ClN4O3. The molecule has 0 atom stereocenters. The molecule has 0 fully saturated rings. The van der Waals surface area contributed by atoms with Crippen LogP contribution in [0.15, 0.2) is 54.6 Å². The SMILES string of the molecule is CN(C)CCN1C(=O)c2cccc3cc(NC(=O)Nc4ccc(Cl)cc4)cc(c23)C1=O. The number of hydrogen-bond acceptors (Lipinski definition) is 4. The van der Waals surface area contributed by atoms with E-state index in [0.717, 1.165) is 0 Å². The Balaban J connectivity index is 1.65. The molecule has 0 radical (unpaired) electrons. The second-order valence-corrected chi connectivity index (χ2v) is 8.02. The number of anilines is 2. The summed E-state index contributed by atoms with van der Waals surface area (Å²) in [5.41, 5.74) is 1.93. The molecular weight excluding hydrogens is 416 g/mol. The van der Waals surface area contributed by atoms with Crippen LogP contribution in [-0.2, 0) is 0 Å². The smallest absolute Gasteiger partial charge is 0.308 e. The number of benzene rings is 3. The van der Waals surface area contributed by atoms with Gasteiger partial charge < -0.3 is 15.5 Å². The number of halogens is 1. The molecule has 2 N–H and O–H groups in total. The van der Waals surface area contributed by atoms with Gasteiger partial charge in [0.2, 0.25) is 0 Å². The van der Waals surface area contributed by atoms with E-state index in [9.17, 15) is 14.4 Å². The lowest BCUT2D eigenvalue weighted by Crippen LogP contribution is -2.43. The van der Waals surface area contributed by atoms with Crippen molar-refractivity contribution in [1.29, 1.82) is 0 Å². The highest BCUT2D eigenvalue weighted by Crippen LogP contribution is 2.32. The summed E-state index contributed by atoms with van der Waals surface area (Å²) in [6.07, 6.45) is 0. The van der Waals surface area contributed by atoms with Crippen LogP contribution in [0.4, 0.5) is 16.2 Å². The maximum Gasteiger partial charge on any atom is 0.323 e. The number of nitrogens with zero attached hydrogens (tertiary/aromatic N) is 2. The Kier molecular flexibility index (Phi) is 5.63. The fraction of sp³-hybridized carbons (Fsp3) is 0.174. The lowest BCUT2D eigenvalue weighted by molar-refractivity contribution is 0.0601. The second kappa shape index (κ2) is 8.37. The van der Waals surface area contributed by atoms with Crippen molar-refractivity contribution < 1.29 is 14.4 Å². The zero-order valence-electron chi connectivity index (χ0n) is 17.1. The zero-order valence-corrected chi connectivity index (χ0v) is 17.9. The van der Waals surface area contributed by atoms with Crippen LogP contribution in [0.1, 0.15) is 20.7 Å². The van der Waals surface area contributed by atoms with Gasteiger partial charge in [0.1, 0.15) is 0 Å². The van der Waals surface area contributed by atoms with Crippen molar-refractivity contribution in [2.24, 2.45) is 0 Å². The summed E-state index contributed by atoms with van der Waals surface area (Å²) in [5, 5.41) is 7.39. The lowest BCUT2D eigenvalue weighted by atomic mass is 9.93. The standard InChI is InChI=1S/C23H21ClN4O3/c1-27(2)10-11-28-21(29)18-5-3-4-14-12-17(13-19(20(14)18)22(28)30)26-23(31)25-16-8-6-15(24)7-9-16/h3-9,12-13H,10-11H2,1-2H3,(H2,25,26,31). The fourth-order valence-corrected chi connectivity index (χ4v) is 3.69. The molecule has 31 heavy (non-hydrogen) atoms. The van der Waals surface area contributed by atoms with E-state index in [0.29, 0.717) is 44.8 Å². The van der Waals surface area contributed by atoms with Gasteiger partial charge >= 0.3 is 6.03 Å². The van der Waals surface area contributed by atoms with E-state index in [1.165, 1.54) is 4.90 Å². The van der Waals surface area contributed by atoms with Gasteiger partial charge in [-0.3, -0.25) is 14.5 Å². The topological polar surface area (TPSA) is 81.8 Å². The molecule has 0 saturated carbocycles. The van der Waals surface area contributed by atoms with Gasteiger partial charge in [-0.2, -0.15) is 0 Å². The first-order valence-electron chi connectivity index (χ1n) is 9.75. The van der Waals surface area contributed by atoms with Crippen LogP contribution in [-0.4, -0.2) is 54.8 Å². The molecule has 7 nitrogen and oxygen atoms in total. The summed E-state index contributed by atoms with van der Waals surface area (Å²) in [6, 6.07) is 15.0. The van der Waals surface area contributed by atoms with Crippen molar-refractivity contribution in [1.82, 2.24) is 9.80 Å². The van der Waals surface area contributed by atoms with Crippen LogP contribution in [0.5, 0.6) is 0 Å². The summed E-state index contributed by atoms with van der Waals surface area (Å²) in [5.74, 6) is -0.663. The van der Waals surface area contributed by atoms with Gasteiger partial charge in [-0.15, -0.1) is 0 Å². The number of amides is 4. The molecule has 0 unspecified atom stereocenters. The first-order chi connectivity index (χ1) is 14.8. The normalized spacial score (nSPS) is 13.1. The van der Waals surface area contributed by atoms with E-state index in [-0.39, 0.29) is 18.4 Å². The molecule has 4 amide bonds. The minimum atomic E-state index is -0.450. The van der Waals surface area contributed by atoms with Crippen LogP contribution < -0.4 is 10.6 Å². The van der Waals surface area contributed by atoms with Gasteiger partial charge in [0.15, 0.2) is 0 Å². The van der Waals surface area contributed by atoms with Crippen molar-refractivity contribution >= 4 is 51.6 Å². The molecule has 0 aliphatic carbocycles. The Morgan fingerprint density at radius 2 is 1.61 bits per heavy atom. The molecule has 3 aromatic carbocycles. The average Bonchev–Trinajstić information content (AvgIpc) is 2.73. The van der Waals surface area contributed by atoms with E-state index < -0.39 is 6.03 Å². The molecule has 0 aromatic heterocycles. The molecule has 8 heteroatoms. The summed E-state index contributed by atoms with van der Waals surface area (Å²) >= 11 is 5.87. The van der Waals surface area contributed by atoms with Gasteiger partial charge in [0, 0.05) is 40.4 Å². The number of hydrogen-bond donors (Lipinski definition) is 2. The monoisotopic (exact) mass is 436 g/mol. The number of rotatable bonds is 5. The van der Waals surface area contributed by atoms with Gasteiger partial charge in [0.25, 0.3) is 11.8 Å². The summed E-state index contributed by atoms with van der Waals surface area (Å²) in [6.45, 7) is 0.847. The molecule has 3 aromatic rings. The Morgan fingerprint density at radius 1 is 0.935 bits per heavy atom. The Bertz CT molecular complexity index is 1190. The Morgan fingerprint density at radius 3 is 2.32 bits per heavy atom. The van der Waals surface area contributed by atoms with Crippen LogP contribution >= 0.6 is 11.6 Å². The Hall–Kier alpha value is -3.42. The van der Waals surface area contributed by atoms with Gasteiger partial charge in [-0.25, -0.2) is 4.79 Å². The molecule has 4 rings (SSSR count). The van der Waals surface area contributed by atoms with Gasteiger partial charge in [-0.1, -0.05) is 23.7 Å². The maximum absolute atomic E-state index is 13.1. The molecule has 1 aliphatic rings. The minimum absolute atomic E-state index is 0.287. The maximum atomic E-state index is 13.1. The van der Waals surface area contributed by atoms with Gasteiger partial charge in [-0.05, 0) is 61.9 Å². The van der Waals surface area contributed by atoms with Gasteiger partial charge in [0.05, 0.1) is 5.56 Å². The van der Waals surface area contributed by atoms with Crippen molar-refractivity contribution in [2.75, 3.05) is 37.8 Å². The third-order valence-corrected chi connectivity index (χ3v) is 5.31. The first-order valence-corrected chi connectivity index (χ1v) is 10.1. The number of carbonyl (C=O) groups is 3. The van der Waals surface area contributed by atoms with E-state index in [2.05, 4.69) is 10.6 Å². The predicted molar refractivity (Wildman–Crippen MR) is 122 cm³/mol. The van der Waals surface area contributed by atoms with E-state index in [1.807, 2.05) is 25.1 Å². The second-order valence-electron chi connectivity index (χ2n) is 7.58. The van der Waals surface area contributed by atoms with Crippen molar-refractivity contribution in [3.63, 3.8) is 0 Å². The molecule has 1 heterocycles. The van der Waals surface area contributed by atoms with Crippen molar-refractivity contribution in [2.45, 2.75) is 0 Å². The van der Waals surface area contributed by atoms with E-state index in [1.54, 1.807) is 48.5 Å². The number of likely N-dealkylation sites (N-methyl/N-ethyl adjacent to an activating group) is 1. The fourth-order valence-electron chi connectivity index (χ4n) is 3.56. The van der Waals surface area contributed by atoms with Crippen molar-refractivity contribution in [3.8, 4) is 0 Å². The predicted octanol–water partition coefficient (Wildman–Crippen LogP) is 4.29. The van der Waals surface area contributed by atoms with E-state index >= 15 is 0 Å². The minimum Gasteiger partial charge on any atom is -0.308 e. The van der Waals surface area contributed by atoms with Crippen molar-refractivity contribution in [3.05, 3.63) is 70.7 Å². The lowest BCUT2D eigenvalue weighted by Gasteiger charge is -2.28. The molecule has 0 spiro atoms. The number of urea groups is 1. The summed E-state index contributed by atoms with van der Waals surface area (Å²) < 4.78 is 0. The Labute approximate surface area is 184 Å². The van der Waals surface area contributed by atoms with Crippen LogP contribution in [0.3, 0.4) is 0 Å². The summed E-state index contributed by atoms with van der Waals surface area (Å²) in [7, 11) is 3.77. The highest BCUT2D eigenvalue weighted by Gasteiger charge is 2.33. The zero-order chi connectivity index (χ0) is 22.1. The average molecular weight is 437 g/mol. The third-order valence-electron chi connectivity index (χ3n) is 5.06. The van der Waals surface area contributed by atoms with Crippen LogP contribution in [0, 0.1) is 0 Å². The molecule has 158 valence electrons. The van der Waals surface area contributed by atoms with Crippen LogP contribution in [0.2, 0.25) is 5.02 Å². The summed E-state index contributed by atoms with van der Waals surface area (Å²) in [4.78, 5) is 41.7. The van der Waals surface area contributed by atoms with E-state index in [4.69, 9.17) is 11.6 Å². The molecule has 0 bridgehead atoms.